The highest BCUT2D eigenvalue weighted by atomic mass is 16.6. The third-order valence-corrected chi connectivity index (χ3v) is 8.11. The minimum Gasteiger partial charge on any atom is -0.399 e. The SMILES string of the molecule is CO/N=C1\c2c(ccc3c2/C(=N/OC)[C@@H]2C[C@H]3C2(C)C)[C@H]2C[C@@H]1C2(C)C. The highest BCUT2D eigenvalue weighted by molar-refractivity contribution is 6.18. The number of rotatable bonds is 2. The smallest absolute Gasteiger partial charge is 0.106 e. The van der Waals surface area contributed by atoms with Gasteiger partial charge in [-0.05, 0) is 46.6 Å². The second-order valence-corrected chi connectivity index (χ2v) is 9.64. The molecule has 138 valence electrons. The Kier molecular flexibility index (Phi) is 3.08. The van der Waals surface area contributed by atoms with Gasteiger partial charge in [0.2, 0.25) is 0 Å². The Hall–Kier alpha value is -1.84. The lowest BCUT2D eigenvalue weighted by Gasteiger charge is -2.60. The van der Waals surface area contributed by atoms with E-state index < -0.39 is 0 Å². The van der Waals surface area contributed by atoms with Crippen LogP contribution < -0.4 is 0 Å². The molecule has 2 fully saturated rings. The molecule has 6 aliphatic carbocycles. The number of nitrogens with zero attached hydrogens (tertiary/aromatic N) is 2. The molecule has 0 saturated heterocycles. The average molecular weight is 352 g/mol. The predicted octanol–water partition coefficient (Wildman–Crippen LogP) is 4.67. The summed E-state index contributed by atoms with van der Waals surface area (Å²) in [4.78, 5) is 10.6. The van der Waals surface area contributed by atoms with E-state index in [1.54, 1.807) is 14.2 Å². The van der Waals surface area contributed by atoms with Crippen molar-refractivity contribution in [1.29, 1.82) is 0 Å². The van der Waals surface area contributed by atoms with Gasteiger partial charge in [0.05, 0.1) is 11.4 Å². The van der Waals surface area contributed by atoms with Gasteiger partial charge in [0.25, 0.3) is 0 Å². The zero-order valence-electron chi connectivity index (χ0n) is 16.6. The topological polar surface area (TPSA) is 43.2 Å². The Bertz CT molecular complexity index is 794. The second kappa shape index (κ2) is 4.90. The lowest BCUT2D eigenvalue weighted by molar-refractivity contribution is 0.0672. The minimum absolute atomic E-state index is 0.244. The van der Waals surface area contributed by atoms with Crippen LogP contribution in [0.4, 0.5) is 0 Å². The molecule has 2 saturated carbocycles. The van der Waals surface area contributed by atoms with E-state index in [2.05, 4.69) is 50.1 Å². The quantitative estimate of drug-likeness (QED) is 0.726. The summed E-state index contributed by atoms with van der Waals surface area (Å²) in [6, 6.07) is 4.72. The lowest BCUT2D eigenvalue weighted by atomic mass is 9.43. The molecule has 0 aliphatic heterocycles. The van der Waals surface area contributed by atoms with Gasteiger partial charge in [-0.3, -0.25) is 0 Å². The summed E-state index contributed by atoms with van der Waals surface area (Å²) in [6.45, 7) is 9.46. The molecule has 0 spiro atoms. The van der Waals surface area contributed by atoms with Crippen molar-refractivity contribution in [2.24, 2.45) is 33.0 Å². The van der Waals surface area contributed by atoms with Gasteiger partial charge in [0.15, 0.2) is 0 Å². The van der Waals surface area contributed by atoms with Gasteiger partial charge < -0.3 is 9.68 Å². The Morgan fingerprint density at radius 2 is 1.12 bits per heavy atom. The molecular weight excluding hydrogens is 324 g/mol. The van der Waals surface area contributed by atoms with Gasteiger partial charge in [-0.2, -0.15) is 0 Å². The molecule has 1 aromatic rings. The fourth-order valence-electron chi connectivity index (χ4n) is 6.37. The zero-order valence-corrected chi connectivity index (χ0v) is 16.6. The van der Waals surface area contributed by atoms with Crippen LogP contribution in [0.2, 0.25) is 0 Å². The number of hydrogen-bond donors (Lipinski definition) is 0. The van der Waals surface area contributed by atoms with Crippen LogP contribution in [0, 0.1) is 22.7 Å². The lowest BCUT2D eigenvalue weighted by Crippen LogP contribution is -2.56. The summed E-state index contributed by atoms with van der Waals surface area (Å²) in [6.07, 6.45) is 2.35. The maximum Gasteiger partial charge on any atom is 0.106 e. The number of hydrogen-bond acceptors (Lipinski definition) is 4. The Balaban J connectivity index is 1.80. The first-order valence-electron chi connectivity index (χ1n) is 9.73. The van der Waals surface area contributed by atoms with E-state index in [9.17, 15) is 0 Å². The van der Waals surface area contributed by atoms with Crippen molar-refractivity contribution in [3.05, 3.63) is 34.4 Å². The molecule has 0 radical (unpaired) electrons. The van der Waals surface area contributed by atoms with E-state index in [0.29, 0.717) is 23.7 Å². The van der Waals surface area contributed by atoms with Crippen LogP contribution in [0.1, 0.15) is 74.6 Å². The highest BCUT2D eigenvalue weighted by Gasteiger charge is 2.61. The molecule has 0 N–H and O–H groups in total. The molecule has 1 aromatic carbocycles. The molecule has 0 heterocycles. The van der Waals surface area contributed by atoms with E-state index in [1.807, 2.05) is 0 Å². The van der Waals surface area contributed by atoms with Crippen LogP contribution in [0.3, 0.4) is 0 Å². The van der Waals surface area contributed by atoms with Crippen molar-refractivity contribution in [1.82, 2.24) is 0 Å². The van der Waals surface area contributed by atoms with Crippen molar-refractivity contribution < 1.29 is 9.68 Å². The molecule has 6 aliphatic rings. The highest BCUT2D eigenvalue weighted by Crippen LogP contribution is 2.67. The monoisotopic (exact) mass is 352 g/mol. The van der Waals surface area contributed by atoms with Crippen molar-refractivity contribution >= 4 is 11.4 Å². The van der Waals surface area contributed by atoms with Crippen molar-refractivity contribution in [2.75, 3.05) is 14.2 Å². The van der Waals surface area contributed by atoms with Crippen LogP contribution in [0.15, 0.2) is 22.4 Å². The van der Waals surface area contributed by atoms with Crippen LogP contribution in [0.25, 0.3) is 0 Å². The van der Waals surface area contributed by atoms with E-state index in [4.69, 9.17) is 9.68 Å². The maximum atomic E-state index is 5.31. The first-order chi connectivity index (χ1) is 12.3. The maximum absolute atomic E-state index is 5.31. The molecule has 4 nitrogen and oxygen atoms in total. The third kappa shape index (κ3) is 1.67. The number of oxime groups is 2. The van der Waals surface area contributed by atoms with Gasteiger partial charge in [0.1, 0.15) is 14.2 Å². The summed E-state index contributed by atoms with van der Waals surface area (Å²) in [5.74, 6) is 2.11. The van der Waals surface area contributed by atoms with Crippen molar-refractivity contribution in [3.8, 4) is 0 Å². The summed E-state index contributed by atoms with van der Waals surface area (Å²) in [5, 5.41) is 9.08. The summed E-state index contributed by atoms with van der Waals surface area (Å²) >= 11 is 0. The predicted molar refractivity (Wildman–Crippen MR) is 103 cm³/mol. The molecule has 4 heteroatoms. The largest absolute Gasteiger partial charge is 0.399 e. The average Bonchev–Trinajstić information content (AvgIpc) is 2.60. The number of benzene rings is 1. The molecule has 26 heavy (non-hydrogen) atoms. The fourth-order valence-corrected chi connectivity index (χ4v) is 6.37. The fraction of sp³-hybridized carbons (Fsp3) is 0.636. The molecule has 7 rings (SSSR count). The molecular formula is C22H28N2O2. The molecule has 4 atom stereocenters. The molecule has 0 aromatic heterocycles. The summed E-state index contributed by atoms with van der Waals surface area (Å²) in [7, 11) is 3.31. The van der Waals surface area contributed by atoms with Gasteiger partial charge in [-0.25, -0.2) is 0 Å². The van der Waals surface area contributed by atoms with Crippen LogP contribution in [-0.4, -0.2) is 25.6 Å². The normalized spacial score (nSPS) is 37.3. The van der Waals surface area contributed by atoms with Crippen LogP contribution in [0.5, 0.6) is 0 Å². The first-order valence-corrected chi connectivity index (χ1v) is 9.73. The van der Waals surface area contributed by atoms with Gasteiger partial charge >= 0.3 is 0 Å². The van der Waals surface area contributed by atoms with E-state index in [-0.39, 0.29) is 10.8 Å². The Morgan fingerprint density at radius 1 is 0.731 bits per heavy atom. The van der Waals surface area contributed by atoms with Crippen LogP contribution >= 0.6 is 0 Å². The minimum atomic E-state index is 0.244. The van der Waals surface area contributed by atoms with Crippen molar-refractivity contribution in [2.45, 2.75) is 52.4 Å². The second-order valence-electron chi connectivity index (χ2n) is 9.64. The molecule has 0 amide bonds. The standard InChI is InChI=1S/C22H28N2O2/c1-21(2)13-9-15(21)19(23-25-5)17-11(13)7-8-12-14-10-16(22(14,3)4)20(18(12)17)24-26-6/h7-8,13-16H,9-10H2,1-6H3/b23-19-,24-20+/t13-,14-,15+,16+/m1/s1. The summed E-state index contributed by atoms with van der Waals surface area (Å²) < 4.78 is 0. The Morgan fingerprint density at radius 3 is 1.42 bits per heavy atom. The van der Waals surface area contributed by atoms with Crippen molar-refractivity contribution in [3.63, 3.8) is 0 Å². The van der Waals surface area contributed by atoms with E-state index in [1.165, 1.54) is 35.1 Å². The molecule has 0 unspecified atom stereocenters. The van der Waals surface area contributed by atoms with Gasteiger partial charge in [-0.1, -0.05) is 50.1 Å². The van der Waals surface area contributed by atoms with Crippen LogP contribution in [-0.2, 0) is 9.68 Å². The first kappa shape index (κ1) is 16.3. The summed E-state index contributed by atoms with van der Waals surface area (Å²) in [5.41, 5.74) is 8.17. The third-order valence-electron chi connectivity index (χ3n) is 8.11. The van der Waals surface area contributed by atoms with E-state index in [0.717, 1.165) is 11.4 Å². The molecule has 4 bridgehead atoms. The van der Waals surface area contributed by atoms with Gasteiger partial charge in [-0.15, -0.1) is 0 Å². The van der Waals surface area contributed by atoms with E-state index >= 15 is 0 Å². The van der Waals surface area contributed by atoms with Gasteiger partial charge in [0, 0.05) is 23.0 Å². The zero-order chi connectivity index (χ0) is 18.4. The Labute approximate surface area is 155 Å².